The molecule has 0 saturated carbocycles. The number of furan rings is 1. The van der Waals surface area contributed by atoms with Gasteiger partial charge in [-0.3, -0.25) is 0 Å². The maximum absolute atomic E-state index is 9.84. The zero-order valence-electron chi connectivity index (χ0n) is 8.73. The summed E-state index contributed by atoms with van der Waals surface area (Å²) in [5, 5.41) is 14.0. The van der Waals surface area contributed by atoms with Crippen molar-refractivity contribution < 1.29 is 9.52 Å². The fourth-order valence-electron chi connectivity index (χ4n) is 1.58. The molecule has 15 heavy (non-hydrogen) atoms. The highest BCUT2D eigenvalue weighted by Gasteiger charge is 2.08. The maximum atomic E-state index is 9.84. The van der Waals surface area contributed by atoms with Crippen LogP contribution in [0.5, 0.6) is 0 Å². The van der Waals surface area contributed by atoms with E-state index in [9.17, 15) is 5.11 Å². The molecule has 0 aliphatic carbocycles. The summed E-state index contributed by atoms with van der Waals surface area (Å²) in [6, 6.07) is 7.69. The minimum Gasteiger partial charge on any atom is -0.464 e. The van der Waals surface area contributed by atoms with Gasteiger partial charge < -0.3 is 14.8 Å². The lowest BCUT2D eigenvalue weighted by molar-refractivity contribution is 0.175. The Hall–Kier alpha value is -1.32. The molecule has 0 bridgehead atoms. The van der Waals surface area contributed by atoms with Gasteiger partial charge in [-0.1, -0.05) is 19.1 Å². The van der Waals surface area contributed by atoms with Crippen molar-refractivity contribution in [2.45, 2.75) is 13.0 Å². The van der Waals surface area contributed by atoms with E-state index >= 15 is 0 Å². The van der Waals surface area contributed by atoms with Crippen molar-refractivity contribution in [3.63, 3.8) is 0 Å². The molecule has 0 saturated heterocycles. The summed E-state index contributed by atoms with van der Waals surface area (Å²) in [5.41, 5.74) is 1.71. The Bertz CT molecular complexity index is 436. The third-order valence-electron chi connectivity index (χ3n) is 2.45. The zero-order valence-corrected chi connectivity index (χ0v) is 8.73. The standard InChI is InChI=1S/C12H15NO2/c1-2-13-8-11(14)10-4-3-9-5-6-15-12(9)7-10/h3-7,11,13-14H,2,8H2,1H3/t11-/m1/s1. The van der Waals surface area contributed by atoms with Crippen molar-refractivity contribution in [3.8, 4) is 0 Å². The number of aliphatic hydroxyl groups is 1. The molecule has 1 atom stereocenters. The molecule has 0 radical (unpaired) electrons. The second kappa shape index (κ2) is 4.47. The fraction of sp³-hybridized carbons (Fsp3) is 0.333. The van der Waals surface area contributed by atoms with Gasteiger partial charge >= 0.3 is 0 Å². The monoisotopic (exact) mass is 205 g/mol. The van der Waals surface area contributed by atoms with Gasteiger partial charge in [0, 0.05) is 11.9 Å². The lowest BCUT2D eigenvalue weighted by Crippen LogP contribution is -2.20. The van der Waals surface area contributed by atoms with Crippen LogP contribution in [0.25, 0.3) is 11.0 Å². The van der Waals surface area contributed by atoms with Gasteiger partial charge in [0.15, 0.2) is 0 Å². The third kappa shape index (κ3) is 2.19. The third-order valence-corrected chi connectivity index (χ3v) is 2.45. The molecule has 3 heteroatoms. The molecular formula is C12H15NO2. The molecular weight excluding hydrogens is 190 g/mol. The summed E-state index contributed by atoms with van der Waals surface area (Å²) in [5.74, 6) is 0. The zero-order chi connectivity index (χ0) is 10.7. The lowest BCUT2D eigenvalue weighted by atomic mass is 10.1. The molecule has 2 N–H and O–H groups in total. The average molecular weight is 205 g/mol. The number of hydrogen-bond acceptors (Lipinski definition) is 3. The van der Waals surface area contributed by atoms with E-state index in [1.165, 1.54) is 0 Å². The van der Waals surface area contributed by atoms with Crippen LogP contribution in [0.15, 0.2) is 34.9 Å². The highest BCUT2D eigenvalue weighted by atomic mass is 16.3. The van der Waals surface area contributed by atoms with Crippen LogP contribution >= 0.6 is 0 Å². The van der Waals surface area contributed by atoms with Crippen LogP contribution in [0.2, 0.25) is 0 Å². The molecule has 1 aromatic carbocycles. The summed E-state index contributed by atoms with van der Waals surface area (Å²) in [7, 11) is 0. The van der Waals surface area contributed by atoms with E-state index in [-0.39, 0.29) is 0 Å². The summed E-state index contributed by atoms with van der Waals surface area (Å²) in [6.45, 7) is 3.45. The summed E-state index contributed by atoms with van der Waals surface area (Å²) in [6.07, 6.45) is 1.19. The second-order valence-corrected chi connectivity index (χ2v) is 3.54. The number of benzene rings is 1. The Labute approximate surface area is 88.7 Å². The van der Waals surface area contributed by atoms with Gasteiger partial charge in [0.05, 0.1) is 12.4 Å². The summed E-state index contributed by atoms with van der Waals surface area (Å²) >= 11 is 0. The van der Waals surface area contributed by atoms with Crippen molar-refractivity contribution in [1.82, 2.24) is 5.32 Å². The van der Waals surface area contributed by atoms with Crippen molar-refractivity contribution in [1.29, 1.82) is 0 Å². The van der Waals surface area contributed by atoms with E-state index < -0.39 is 6.10 Å². The Morgan fingerprint density at radius 1 is 1.40 bits per heavy atom. The van der Waals surface area contributed by atoms with E-state index in [1.807, 2.05) is 31.2 Å². The Morgan fingerprint density at radius 3 is 3.07 bits per heavy atom. The van der Waals surface area contributed by atoms with E-state index in [1.54, 1.807) is 6.26 Å². The molecule has 80 valence electrons. The van der Waals surface area contributed by atoms with Gasteiger partial charge in [-0.25, -0.2) is 0 Å². The Morgan fingerprint density at radius 2 is 2.27 bits per heavy atom. The van der Waals surface area contributed by atoms with Crippen molar-refractivity contribution >= 4 is 11.0 Å². The normalized spacial score (nSPS) is 13.2. The van der Waals surface area contributed by atoms with Crippen LogP contribution in [0.4, 0.5) is 0 Å². The van der Waals surface area contributed by atoms with Crippen molar-refractivity contribution in [2.24, 2.45) is 0 Å². The molecule has 1 aromatic heterocycles. The van der Waals surface area contributed by atoms with E-state index in [0.29, 0.717) is 6.54 Å². The first-order valence-electron chi connectivity index (χ1n) is 5.17. The number of aliphatic hydroxyl groups excluding tert-OH is 1. The highest BCUT2D eigenvalue weighted by molar-refractivity contribution is 5.77. The first-order chi connectivity index (χ1) is 7.31. The maximum Gasteiger partial charge on any atom is 0.134 e. The highest BCUT2D eigenvalue weighted by Crippen LogP contribution is 2.20. The van der Waals surface area contributed by atoms with Gasteiger partial charge in [0.25, 0.3) is 0 Å². The topological polar surface area (TPSA) is 45.4 Å². The molecule has 0 unspecified atom stereocenters. The van der Waals surface area contributed by atoms with E-state index in [4.69, 9.17) is 4.42 Å². The van der Waals surface area contributed by atoms with Gasteiger partial charge in [0.1, 0.15) is 5.58 Å². The average Bonchev–Trinajstić information content (AvgIpc) is 2.72. The number of fused-ring (bicyclic) bond motifs is 1. The summed E-state index contributed by atoms with van der Waals surface area (Å²) < 4.78 is 5.28. The first kappa shape index (κ1) is 10.2. The lowest BCUT2D eigenvalue weighted by Gasteiger charge is -2.10. The van der Waals surface area contributed by atoms with Gasteiger partial charge in [0.2, 0.25) is 0 Å². The SMILES string of the molecule is CCNC[C@@H](O)c1ccc2ccoc2c1. The molecule has 2 rings (SSSR count). The molecule has 3 nitrogen and oxygen atoms in total. The number of hydrogen-bond donors (Lipinski definition) is 2. The molecule has 0 amide bonds. The first-order valence-corrected chi connectivity index (χ1v) is 5.17. The quantitative estimate of drug-likeness (QED) is 0.803. The predicted octanol–water partition coefficient (Wildman–Crippen LogP) is 2.08. The largest absolute Gasteiger partial charge is 0.464 e. The van der Waals surface area contributed by atoms with Gasteiger partial charge in [-0.05, 0) is 24.2 Å². The molecule has 0 aliphatic rings. The molecule has 0 spiro atoms. The van der Waals surface area contributed by atoms with Gasteiger partial charge in [-0.15, -0.1) is 0 Å². The molecule has 2 aromatic rings. The Kier molecular flexibility index (Phi) is 3.04. The number of likely N-dealkylation sites (N-methyl/N-ethyl adjacent to an activating group) is 1. The van der Waals surface area contributed by atoms with Crippen LogP contribution in [0.3, 0.4) is 0 Å². The van der Waals surface area contributed by atoms with E-state index in [2.05, 4.69) is 5.32 Å². The fourth-order valence-corrected chi connectivity index (χ4v) is 1.58. The smallest absolute Gasteiger partial charge is 0.134 e. The summed E-state index contributed by atoms with van der Waals surface area (Å²) in [4.78, 5) is 0. The molecule has 0 aliphatic heterocycles. The van der Waals surface area contributed by atoms with Gasteiger partial charge in [-0.2, -0.15) is 0 Å². The Balaban J connectivity index is 2.19. The van der Waals surface area contributed by atoms with Crippen LogP contribution in [-0.4, -0.2) is 18.2 Å². The van der Waals surface area contributed by atoms with Crippen LogP contribution in [0, 0.1) is 0 Å². The molecule has 0 fully saturated rings. The second-order valence-electron chi connectivity index (χ2n) is 3.54. The molecule has 1 heterocycles. The van der Waals surface area contributed by atoms with E-state index in [0.717, 1.165) is 23.1 Å². The predicted molar refractivity (Wildman–Crippen MR) is 59.7 cm³/mol. The van der Waals surface area contributed by atoms with Crippen molar-refractivity contribution in [2.75, 3.05) is 13.1 Å². The minimum atomic E-state index is -0.473. The van der Waals surface area contributed by atoms with Crippen LogP contribution in [0.1, 0.15) is 18.6 Å². The van der Waals surface area contributed by atoms with Crippen LogP contribution < -0.4 is 5.32 Å². The number of rotatable bonds is 4. The van der Waals surface area contributed by atoms with Crippen molar-refractivity contribution in [3.05, 3.63) is 36.1 Å². The minimum absolute atomic E-state index is 0.473. The van der Waals surface area contributed by atoms with Crippen LogP contribution in [-0.2, 0) is 0 Å². The number of nitrogens with one attached hydrogen (secondary N) is 1.